The average molecular weight is 247 g/mol. The molecule has 0 saturated heterocycles. The quantitative estimate of drug-likeness (QED) is 0.839. The predicted molar refractivity (Wildman–Crippen MR) is 65.2 cm³/mol. The number of rotatable bonds is 5. The van der Waals surface area contributed by atoms with Gasteiger partial charge in [-0.05, 0) is 19.1 Å². The molecule has 2 aromatic rings. The summed E-state index contributed by atoms with van der Waals surface area (Å²) in [7, 11) is 0. The van der Waals surface area contributed by atoms with E-state index in [2.05, 4.69) is 15.3 Å². The SMILES string of the molecule is Cc1ccc(-c2cnc(NCCC(=O)O)nc2)o1. The molecule has 0 aliphatic rings. The van der Waals surface area contributed by atoms with Crippen LogP contribution in [0.5, 0.6) is 0 Å². The van der Waals surface area contributed by atoms with Crippen molar-refractivity contribution in [2.75, 3.05) is 11.9 Å². The number of carboxylic acid groups (broad SMARTS) is 1. The first-order valence-corrected chi connectivity index (χ1v) is 5.49. The van der Waals surface area contributed by atoms with Crippen LogP contribution in [0.25, 0.3) is 11.3 Å². The Labute approximate surface area is 104 Å². The highest BCUT2D eigenvalue weighted by Gasteiger charge is 2.04. The van der Waals surface area contributed by atoms with Crippen molar-refractivity contribution in [2.24, 2.45) is 0 Å². The molecule has 0 unspecified atom stereocenters. The standard InChI is InChI=1S/C12H13N3O3/c1-8-2-3-10(18-8)9-6-14-12(15-7-9)13-5-4-11(16)17/h2-3,6-7H,4-5H2,1H3,(H,16,17)(H,13,14,15). The van der Waals surface area contributed by atoms with Crippen LogP contribution in [0.15, 0.2) is 28.9 Å². The molecule has 2 N–H and O–H groups in total. The normalized spacial score (nSPS) is 10.3. The van der Waals surface area contributed by atoms with E-state index in [0.717, 1.165) is 11.3 Å². The molecular weight excluding hydrogens is 234 g/mol. The molecule has 0 fully saturated rings. The minimum Gasteiger partial charge on any atom is -0.481 e. The first kappa shape index (κ1) is 12.1. The van der Waals surface area contributed by atoms with Gasteiger partial charge in [0.25, 0.3) is 0 Å². The predicted octanol–water partition coefficient (Wildman–Crippen LogP) is 1.93. The monoisotopic (exact) mass is 247 g/mol. The Morgan fingerprint density at radius 1 is 1.39 bits per heavy atom. The Morgan fingerprint density at radius 3 is 2.67 bits per heavy atom. The average Bonchev–Trinajstić information content (AvgIpc) is 2.76. The Bertz CT molecular complexity index is 534. The summed E-state index contributed by atoms with van der Waals surface area (Å²) in [4.78, 5) is 18.5. The van der Waals surface area contributed by atoms with Crippen molar-refractivity contribution in [1.82, 2.24) is 9.97 Å². The second-order valence-corrected chi connectivity index (χ2v) is 3.78. The number of anilines is 1. The summed E-state index contributed by atoms with van der Waals surface area (Å²) < 4.78 is 5.44. The number of aliphatic carboxylic acids is 1. The summed E-state index contributed by atoms with van der Waals surface area (Å²) in [5, 5.41) is 11.3. The second-order valence-electron chi connectivity index (χ2n) is 3.78. The van der Waals surface area contributed by atoms with Crippen molar-refractivity contribution in [2.45, 2.75) is 13.3 Å². The Morgan fingerprint density at radius 2 is 2.11 bits per heavy atom. The number of hydrogen-bond acceptors (Lipinski definition) is 5. The summed E-state index contributed by atoms with van der Waals surface area (Å²) in [6.07, 6.45) is 3.30. The largest absolute Gasteiger partial charge is 0.481 e. The topological polar surface area (TPSA) is 88.2 Å². The lowest BCUT2D eigenvalue weighted by atomic mass is 10.3. The molecule has 0 aliphatic carbocycles. The van der Waals surface area contributed by atoms with Gasteiger partial charge >= 0.3 is 5.97 Å². The van der Waals surface area contributed by atoms with E-state index in [1.54, 1.807) is 12.4 Å². The number of nitrogens with one attached hydrogen (secondary N) is 1. The molecule has 0 bridgehead atoms. The van der Waals surface area contributed by atoms with Gasteiger partial charge in [-0.2, -0.15) is 0 Å². The molecule has 0 saturated carbocycles. The van der Waals surface area contributed by atoms with E-state index in [1.165, 1.54) is 0 Å². The van der Waals surface area contributed by atoms with Crippen LogP contribution in [-0.2, 0) is 4.79 Å². The zero-order valence-corrected chi connectivity index (χ0v) is 9.88. The van der Waals surface area contributed by atoms with Crippen LogP contribution >= 0.6 is 0 Å². The summed E-state index contributed by atoms with van der Waals surface area (Å²) in [5.74, 6) is 1.09. The molecule has 2 heterocycles. The highest BCUT2D eigenvalue weighted by Crippen LogP contribution is 2.20. The lowest BCUT2D eigenvalue weighted by Crippen LogP contribution is -2.09. The molecule has 0 atom stereocenters. The van der Waals surface area contributed by atoms with E-state index >= 15 is 0 Å². The molecule has 0 amide bonds. The highest BCUT2D eigenvalue weighted by atomic mass is 16.4. The fourth-order valence-corrected chi connectivity index (χ4v) is 1.42. The van der Waals surface area contributed by atoms with Gasteiger partial charge in [0.1, 0.15) is 11.5 Å². The van der Waals surface area contributed by atoms with Crippen LogP contribution in [0.3, 0.4) is 0 Å². The molecule has 6 nitrogen and oxygen atoms in total. The first-order chi connectivity index (χ1) is 8.65. The van der Waals surface area contributed by atoms with Gasteiger partial charge in [-0.3, -0.25) is 4.79 Å². The summed E-state index contributed by atoms with van der Waals surface area (Å²) >= 11 is 0. The molecule has 6 heteroatoms. The first-order valence-electron chi connectivity index (χ1n) is 5.49. The number of furan rings is 1. The maximum absolute atomic E-state index is 10.3. The molecule has 0 aliphatic heterocycles. The zero-order chi connectivity index (χ0) is 13.0. The third-order valence-electron chi connectivity index (χ3n) is 2.30. The number of carboxylic acids is 1. The smallest absolute Gasteiger partial charge is 0.305 e. The van der Waals surface area contributed by atoms with Crippen LogP contribution in [-0.4, -0.2) is 27.6 Å². The molecule has 0 radical (unpaired) electrons. The van der Waals surface area contributed by atoms with Crippen molar-refractivity contribution in [3.63, 3.8) is 0 Å². The lowest BCUT2D eigenvalue weighted by molar-refractivity contribution is -0.136. The van der Waals surface area contributed by atoms with Gasteiger partial charge in [-0.25, -0.2) is 9.97 Å². The van der Waals surface area contributed by atoms with E-state index in [4.69, 9.17) is 9.52 Å². The van der Waals surface area contributed by atoms with E-state index in [9.17, 15) is 4.79 Å². The van der Waals surface area contributed by atoms with Crippen molar-refractivity contribution in [3.05, 3.63) is 30.3 Å². The number of aryl methyl sites for hydroxylation is 1. The number of aromatic nitrogens is 2. The zero-order valence-electron chi connectivity index (χ0n) is 9.88. The fourth-order valence-electron chi connectivity index (χ4n) is 1.42. The molecule has 0 aromatic carbocycles. The van der Waals surface area contributed by atoms with E-state index in [0.29, 0.717) is 18.3 Å². The Hall–Kier alpha value is -2.37. The van der Waals surface area contributed by atoms with Crippen LogP contribution < -0.4 is 5.32 Å². The molecule has 0 spiro atoms. The van der Waals surface area contributed by atoms with Gasteiger partial charge in [0.15, 0.2) is 0 Å². The lowest BCUT2D eigenvalue weighted by Gasteiger charge is -2.02. The number of carbonyl (C=O) groups is 1. The summed E-state index contributed by atoms with van der Waals surface area (Å²) in [6, 6.07) is 3.72. The third kappa shape index (κ3) is 3.07. The van der Waals surface area contributed by atoms with Crippen LogP contribution in [0, 0.1) is 6.92 Å². The van der Waals surface area contributed by atoms with Crippen molar-refractivity contribution in [1.29, 1.82) is 0 Å². The van der Waals surface area contributed by atoms with E-state index < -0.39 is 5.97 Å². The molecule has 94 valence electrons. The van der Waals surface area contributed by atoms with Crippen molar-refractivity contribution < 1.29 is 14.3 Å². The maximum Gasteiger partial charge on any atom is 0.305 e. The van der Waals surface area contributed by atoms with Gasteiger partial charge in [-0.15, -0.1) is 0 Å². The summed E-state index contributed by atoms with van der Waals surface area (Å²) in [6.45, 7) is 2.17. The maximum atomic E-state index is 10.3. The molecule has 2 rings (SSSR count). The van der Waals surface area contributed by atoms with Gasteiger partial charge in [-0.1, -0.05) is 0 Å². The third-order valence-corrected chi connectivity index (χ3v) is 2.30. The van der Waals surface area contributed by atoms with E-state index in [-0.39, 0.29) is 6.42 Å². The van der Waals surface area contributed by atoms with Crippen molar-refractivity contribution in [3.8, 4) is 11.3 Å². The van der Waals surface area contributed by atoms with Crippen LogP contribution in [0.4, 0.5) is 5.95 Å². The number of hydrogen-bond donors (Lipinski definition) is 2. The fraction of sp³-hybridized carbons (Fsp3) is 0.250. The Kier molecular flexibility index (Phi) is 3.57. The van der Waals surface area contributed by atoms with Crippen molar-refractivity contribution >= 4 is 11.9 Å². The second kappa shape index (κ2) is 5.31. The van der Waals surface area contributed by atoms with Gasteiger partial charge in [0.05, 0.1) is 12.0 Å². The van der Waals surface area contributed by atoms with Gasteiger partial charge in [0, 0.05) is 18.9 Å². The molecular formula is C12H13N3O3. The van der Waals surface area contributed by atoms with Crippen LogP contribution in [0.1, 0.15) is 12.2 Å². The number of nitrogens with zero attached hydrogens (tertiary/aromatic N) is 2. The minimum atomic E-state index is -0.856. The molecule has 18 heavy (non-hydrogen) atoms. The van der Waals surface area contributed by atoms with Crippen LogP contribution in [0.2, 0.25) is 0 Å². The highest BCUT2D eigenvalue weighted by molar-refractivity contribution is 5.67. The Balaban J connectivity index is 1.99. The van der Waals surface area contributed by atoms with Gasteiger partial charge in [0.2, 0.25) is 5.95 Å². The minimum absolute atomic E-state index is 0.0302. The van der Waals surface area contributed by atoms with Gasteiger partial charge < -0.3 is 14.8 Å². The van der Waals surface area contributed by atoms with E-state index in [1.807, 2.05) is 19.1 Å². The molecule has 2 aromatic heterocycles. The summed E-state index contributed by atoms with van der Waals surface area (Å²) in [5.41, 5.74) is 0.784.